The Morgan fingerprint density at radius 3 is 2.45 bits per heavy atom. The van der Waals surface area contributed by atoms with E-state index in [0.29, 0.717) is 6.54 Å². The van der Waals surface area contributed by atoms with Gasteiger partial charge in [-0.25, -0.2) is 0 Å². The second kappa shape index (κ2) is 13.7. The van der Waals surface area contributed by atoms with Crippen LogP contribution in [0.2, 0.25) is 0 Å². The Kier molecular flexibility index (Phi) is 10.9. The number of aromatic nitrogens is 1. The van der Waals surface area contributed by atoms with Crippen LogP contribution in [0.25, 0.3) is 17.0 Å². The van der Waals surface area contributed by atoms with Crippen molar-refractivity contribution in [1.29, 1.82) is 5.26 Å². The number of unbranched alkanes of at least 4 members (excludes halogenated alkanes) is 7. The predicted octanol–water partition coefficient (Wildman–Crippen LogP) is 5.37. The highest BCUT2D eigenvalue weighted by atomic mass is 16.1. The van der Waals surface area contributed by atoms with Gasteiger partial charge in [0.2, 0.25) is 0 Å². The van der Waals surface area contributed by atoms with Crippen molar-refractivity contribution in [3.05, 3.63) is 41.6 Å². The highest BCUT2D eigenvalue weighted by Crippen LogP contribution is 2.23. The van der Waals surface area contributed by atoms with Crippen molar-refractivity contribution in [3.63, 3.8) is 0 Å². The fraction of sp³-hybridized carbons (Fsp3) is 0.538. The molecule has 1 aromatic heterocycles. The van der Waals surface area contributed by atoms with E-state index in [1.807, 2.05) is 24.4 Å². The molecule has 0 spiro atoms. The highest BCUT2D eigenvalue weighted by Gasteiger charge is 2.12. The number of rotatable bonds is 14. The van der Waals surface area contributed by atoms with Gasteiger partial charge in [-0.3, -0.25) is 4.79 Å². The Balaban J connectivity index is 1.93. The van der Waals surface area contributed by atoms with Crippen molar-refractivity contribution >= 4 is 22.9 Å². The average molecular weight is 423 g/mol. The third-order valence-electron chi connectivity index (χ3n) is 5.59. The molecule has 1 N–H and O–H groups in total. The van der Waals surface area contributed by atoms with Crippen LogP contribution >= 0.6 is 0 Å². The van der Waals surface area contributed by atoms with Crippen LogP contribution in [-0.2, 0) is 11.3 Å². The van der Waals surface area contributed by atoms with E-state index in [2.05, 4.69) is 47.9 Å². The predicted molar refractivity (Wildman–Crippen MR) is 130 cm³/mol. The summed E-state index contributed by atoms with van der Waals surface area (Å²) in [6, 6.07) is 10.2. The number of nitriles is 1. The third kappa shape index (κ3) is 8.22. The smallest absolute Gasteiger partial charge is 0.261 e. The van der Waals surface area contributed by atoms with Crippen LogP contribution in [0, 0.1) is 11.3 Å². The van der Waals surface area contributed by atoms with Gasteiger partial charge in [-0.2, -0.15) is 5.26 Å². The first-order valence-corrected chi connectivity index (χ1v) is 11.7. The van der Waals surface area contributed by atoms with Crippen LogP contribution in [0.4, 0.5) is 0 Å². The molecule has 0 saturated carbocycles. The van der Waals surface area contributed by atoms with Crippen LogP contribution in [0.5, 0.6) is 0 Å². The molecule has 0 atom stereocenters. The van der Waals surface area contributed by atoms with Crippen molar-refractivity contribution in [2.24, 2.45) is 0 Å². The van der Waals surface area contributed by atoms with Gasteiger partial charge in [-0.15, -0.1) is 0 Å². The van der Waals surface area contributed by atoms with Crippen LogP contribution in [0.15, 0.2) is 36.0 Å². The van der Waals surface area contributed by atoms with E-state index in [1.54, 1.807) is 6.08 Å². The molecule has 0 aliphatic heterocycles. The molecule has 1 heterocycles. The van der Waals surface area contributed by atoms with Crippen molar-refractivity contribution in [3.8, 4) is 6.07 Å². The zero-order chi connectivity index (χ0) is 22.5. The number of nitrogens with zero attached hydrogens (tertiary/aromatic N) is 3. The first kappa shape index (κ1) is 24.7. The first-order chi connectivity index (χ1) is 15.1. The lowest BCUT2D eigenvalue weighted by Gasteiger charge is -2.10. The molecule has 0 unspecified atom stereocenters. The van der Waals surface area contributed by atoms with E-state index in [9.17, 15) is 10.1 Å². The average Bonchev–Trinajstić information content (AvgIpc) is 3.12. The van der Waals surface area contributed by atoms with Crippen LogP contribution < -0.4 is 5.32 Å². The van der Waals surface area contributed by atoms with Crippen LogP contribution in [0.1, 0.15) is 63.9 Å². The Bertz CT molecular complexity index is 888. The number of carbonyl (C=O) groups excluding carboxylic acids is 1. The largest absolute Gasteiger partial charge is 0.351 e. The summed E-state index contributed by atoms with van der Waals surface area (Å²) >= 11 is 0. The van der Waals surface area contributed by atoms with Gasteiger partial charge in [-0.05, 0) is 32.7 Å². The molecule has 1 aromatic carbocycles. The van der Waals surface area contributed by atoms with Gasteiger partial charge in [0.05, 0.1) is 0 Å². The summed E-state index contributed by atoms with van der Waals surface area (Å²) in [6.45, 7) is 4.63. The zero-order valence-corrected chi connectivity index (χ0v) is 19.5. The lowest BCUT2D eigenvalue weighted by Crippen LogP contribution is -2.25. The molecule has 0 radical (unpaired) electrons. The molecule has 5 nitrogen and oxygen atoms in total. The summed E-state index contributed by atoms with van der Waals surface area (Å²) in [4.78, 5) is 14.7. The minimum Gasteiger partial charge on any atom is -0.351 e. The molecular weight excluding hydrogens is 384 g/mol. The lowest BCUT2D eigenvalue weighted by atomic mass is 10.1. The number of hydrogen-bond acceptors (Lipinski definition) is 3. The summed E-state index contributed by atoms with van der Waals surface area (Å²) in [6.07, 6.45) is 13.6. The van der Waals surface area contributed by atoms with Crippen LogP contribution in [0.3, 0.4) is 0 Å². The molecule has 5 heteroatoms. The maximum atomic E-state index is 12.5. The van der Waals surface area contributed by atoms with Crippen molar-refractivity contribution in [2.45, 2.75) is 64.8 Å². The monoisotopic (exact) mass is 422 g/mol. The van der Waals surface area contributed by atoms with Gasteiger partial charge in [0.25, 0.3) is 5.91 Å². The standard InChI is InChI=1S/C26H38N4O/c1-4-5-6-7-8-9-10-13-16-28-26(31)22(20-27)19-23-21-30(18-17-29(2)3)25-15-12-11-14-24(23)25/h11-12,14-15,19,21H,4-10,13,16-18H2,1-3H3,(H,28,31)/b22-19+. The van der Waals surface area contributed by atoms with Crippen molar-refractivity contribution in [2.75, 3.05) is 27.2 Å². The number of benzene rings is 1. The van der Waals surface area contributed by atoms with E-state index in [0.717, 1.165) is 42.4 Å². The number of carbonyl (C=O) groups is 1. The molecule has 2 rings (SSSR count). The van der Waals surface area contributed by atoms with Gasteiger partial charge in [0.1, 0.15) is 11.6 Å². The summed E-state index contributed by atoms with van der Waals surface area (Å²) in [5.74, 6) is -0.282. The number of likely N-dealkylation sites (N-methyl/N-ethyl adjacent to an activating group) is 1. The second-order valence-electron chi connectivity index (χ2n) is 8.50. The van der Waals surface area contributed by atoms with E-state index in [4.69, 9.17) is 0 Å². The molecule has 168 valence electrons. The van der Waals surface area contributed by atoms with E-state index < -0.39 is 0 Å². The van der Waals surface area contributed by atoms with Gasteiger partial charge in [0, 0.05) is 42.3 Å². The topological polar surface area (TPSA) is 61.1 Å². The summed E-state index contributed by atoms with van der Waals surface area (Å²) in [5, 5.41) is 13.5. The third-order valence-corrected chi connectivity index (χ3v) is 5.59. The Morgan fingerprint density at radius 1 is 1.10 bits per heavy atom. The van der Waals surface area contributed by atoms with Gasteiger partial charge in [0.15, 0.2) is 0 Å². The van der Waals surface area contributed by atoms with E-state index >= 15 is 0 Å². The van der Waals surface area contributed by atoms with Gasteiger partial charge in [-0.1, -0.05) is 70.1 Å². The van der Waals surface area contributed by atoms with E-state index in [-0.39, 0.29) is 11.5 Å². The minimum atomic E-state index is -0.282. The lowest BCUT2D eigenvalue weighted by molar-refractivity contribution is -0.117. The second-order valence-corrected chi connectivity index (χ2v) is 8.50. The molecule has 31 heavy (non-hydrogen) atoms. The zero-order valence-electron chi connectivity index (χ0n) is 19.5. The molecule has 0 fully saturated rings. The molecule has 0 bridgehead atoms. The Labute approximate surface area is 187 Å². The first-order valence-electron chi connectivity index (χ1n) is 11.7. The molecule has 0 aliphatic carbocycles. The minimum absolute atomic E-state index is 0.162. The molecule has 2 aromatic rings. The Hall–Kier alpha value is -2.58. The van der Waals surface area contributed by atoms with Crippen LogP contribution in [-0.4, -0.2) is 42.6 Å². The number of fused-ring (bicyclic) bond motifs is 1. The van der Waals surface area contributed by atoms with Crippen molar-refractivity contribution < 1.29 is 4.79 Å². The molecule has 1 amide bonds. The number of nitrogens with one attached hydrogen (secondary N) is 1. The van der Waals surface area contributed by atoms with Crippen molar-refractivity contribution in [1.82, 2.24) is 14.8 Å². The molecule has 0 saturated heterocycles. The number of hydrogen-bond donors (Lipinski definition) is 1. The normalized spacial score (nSPS) is 11.8. The highest BCUT2D eigenvalue weighted by molar-refractivity contribution is 6.04. The summed E-state index contributed by atoms with van der Waals surface area (Å²) in [5.41, 5.74) is 2.19. The SMILES string of the molecule is CCCCCCCCCCNC(=O)/C(C#N)=C/c1cn(CCN(C)C)c2ccccc12. The maximum Gasteiger partial charge on any atom is 0.261 e. The quantitative estimate of drug-likeness (QED) is 0.253. The molecule has 0 aliphatic rings. The molecular formula is C26H38N4O. The van der Waals surface area contributed by atoms with E-state index in [1.165, 1.54) is 38.5 Å². The van der Waals surface area contributed by atoms with Gasteiger partial charge < -0.3 is 14.8 Å². The summed E-state index contributed by atoms with van der Waals surface area (Å²) in [7, 11) is 4.11. The fourth-order valence-electron chi connectivity index (χ4n) is 3.74. The Morgan fingerprint density at radius 2 is 1.77 bits per heavy atom. The van der Waals surface area contributed by atoms with Gasteiger partial charge >= 0.3 is 0 Å². The summed E-state index contributed by atoms with van der Waals surface area (Å²) < 4.78 is 2.19. The maximum absolute atomic E-state index is 12.5. The number of amides is 1. The fourth-order valence-corrected chi connectivity index (χ4v) is 3.74. The number of para-hydroxylation sites is 1.